The van der Waals surface area contributed by atoms with E-state index in [0.717, 1.165) is 16.9 Å². The third kappa shape index (κ3) is 5.86. The number of nitrogens with zero attached hydrogens (tertiary/aromatic N) is 2. The number of anilines is 1. The summed E-state index contributed by atoms with van der Waals surface area (Å²) < 4.78 is 12.2. The largest absolute Gasteiger partial charge is 0.493 e. The van der Waals surface area contributed by atoms with E-state index in [1.165, 1.54) is 0 Å². The van der Waals surface area contributed by atoms with Crippen molar-refractivity contribution >= 4 is 23.6 Å². The minimum absolute atomic E-state index is 0.288. The first-order chi connectivity index (χ1) is 16.9. The molecule has 0 bridgehead atoms. The van der Waals surface area contributed by atoms with E-state index in [4.69, 9.17) is 9.47 Å². The number of amides is 2. The number of nitriles is 1. The van der Waals surface area contributed by atoms with Gasteiger partial charge in [0.25, 0.3) is 11.8 Å². The first-order valence-electron chi connectivity index (χ1n) is 11.0. The Morgan fingerprint density at radius 3 is 2.40 bits per heavy atom. The second kappa shape index (κ2) is 11.5. The van der Waals surface area contributed by atoms with Gasteiger partial charge in [-0.3, -0.25) is 19.0 Å². The fourth-order valence-corrected chi connectivity index (χ4v) is 3.51. The van der Waals surface area contributed by atoms with Crippen LogP contribution in [0.15, 0.2) is 54.6 Å². The summed E-state index contributed by atoms with van der Waals surface area (Å²) in [5, 5.41) is 14.8. The van der Waals surface area contributed by atoms with Crippen molar-refractivity contribution in [3.05, 3.63) is 77.0 Å². The van der Waals surface area contributed by atoms with E-state index < -0.39 is 30.9 Å². The highest BCUT2D eigenvalue weighted by atomic mass is 16.5. The summed E-state index contributed by atoms with van der Waals surface area (Å²) in [7, 11) is 0. The third-order valence-corrected chi connectivity index (χ3v) is 5.29. The Bertz CT molecular complexity index is 1270. The van der Waals surface area contributed by atoms with E-state index >= 15 is 0 Å². The zero-order valence-electron chi connectivity index (χ0n) is 19.8. The number of nitrogens with one attached hydrogen (secondary N) is 2. The number of carbonyl (C=O) groups is 3. The van der Waals surface area contributed by atoms with Crippen molar-refractivity contribution in [1.82, 2.24) is 9.88 Å². The summed E-state index contributed by atoms with van der Waals surface area (Å²) in [6, 6.07) is 18.1. The van der Waals surface area contributed by atoms with Gasteiger partial charge in [-0.15, -0.1) is 0 Å². The molecule has 0 aliphatic rings. The maximum absolute atomic E-state index is 12.6. The number of carbonyl (C=O) groups excluding carboxylic acids is 3. The molecule has 3 rings (SSSR count). The van der Waals surface area contributed by atoms with Crippen LogP contribution in [-0.4, -0.2) is 42.1 Å². The van der Waals surface area contributed by atoms with Crippen molar-refractivity contribution in [2.24, 2.45) is 0 Å². The van der Waals surface area contributed by atoms with Gasteiger partial charge >= 0.3 is 5.97 Å². The highest BCUT2D eigenvalue weighted by Crippen LogP contribution is 2.29. The normalized spacial score (nSPS) is 10.2. The first-order valence-corrected chi connectivity index (χ1v) is 11.0. The Kier molecular flexibility index (Phi) is 8.24. The summed E-state index contributed by atoms with van der Waals surface area (Å²) in [5.41, 5.74) is 2.92. The number of aromatic nitrogens is 1. The summed E-state index contributed by atoms with van der Waals surface area (Å²) in [6.45, 7) is 4.85. The molecule has 0 saturated carbocycles. The molecule has 0 fully saturated rings. The van der Waals surface area contributed by atoms with Gasteiger partial charge in [0.2, 0.25) is 0 Å². The highest BCUT2D eigenvalue weighted by Gasteiger charge is 2.21. The summed E-state index contributed by atoms with van der Waals surface area (Å²) >= 11 is 0. The second-order valence-electron chi connectivity index (χ2n) is 7.54. The molecule has 2 aromatic carbocycles. The minimum Gasteiger partial charge on any atom is -0.493 e. The SMILES string of the molecule is CCOc1ccccc1C(=O)NCC(=O)OCC(=O)Nc1c(C#N)c(C)c(C)n1-c1ccccc1. The van der Waals surface area contributed by atoms with Gasteiger partial charge in [0.1, 0.15) is 24.2 Å². The molecule has 0 aliphatic carbocycles. The molecule has 0 aliphatic heterocycles. The highest BCUT2D eigenvalue weighted by molar-refractivity contribution is 5.98. The Hall–Kier alpha value is -4.58. The topological polar surface area (TPSA) is 122 Å². The summed E-state index contributed by atoms with van der Waals surface area (Å²) in [4.78, 5) is 37.1. The van der Waals surface area contributed by atoms with Crippen LogP contribution in [0.5, 0.6) is 5.75 Å². The van der Waals surface area contributed by atoms with Crippen LogP contribution in [0.25, 0.3) is 5.69 Å². The Labute approximate surface area is 203 Å². The van der Waals surface area contributed by atoms with Crippen LogP contribution in [0.3, 0.4) is 0 Å². The second-order valence-corrected chi connectivity index (χ2v) is 7.54. The quantitative estimate of drug-likeness (QED) is 0.459. The average Bonchev–Trinajstić information content (AvgIpc) is 3.10. The standard InChI is InChI=1S/C26H26N4O5/c1-4-34-22-13-9-8-12-20(22)26(33)28-15-24(32)35-16-23(31)29-25-21(14-27)17(2)18(3)30(25)19-10-6-5-7-11-19/h5-13H,4,15-16H2,1-3H3,(H,28,33)(H,29,31). The van der Waals surface area contributed by atoms with Crippen molar-refractivity contribution in [2.75, 3.05) is 25.1 Å². The van der Waals surface area contributed by atoms with Gasteiger partial charge < -0.3 is 20.1 Å². The summed E-state index contributed by atoms with van der Waals surface area (Å²) in [6.07, 6.45) is 0. The molecule has 9 nitrogen and oxygen atoms in total. The molecule has 0 unspecified atom stereocenters. The number of para-hydroxylation sites is 2. The lowest BCUT2D eigenvalue weighted by atomic mass is 10.2. The maximum Gasteiger partial charge on any atom is 0.325 e. The fourth-order valence-electron chi connectivity index (χ4n) is 3.51. The van der Waals surface area contributed by atoms with Crippen molar-refractivity contribution in [2.45, 2.75) is 20.8 Å². The van der Waals surface area contributed by atoms with Crippen molar-refractivity contribution < 1.29 is 23.9 Å². The number of esters is 1. The number of ether oxygens (including phenoxy) is 2. The van der Waals surface area contributed by atoms with E-state index in [2.05, 4.69) is 16.7 Å². The van der Waals surface area contributed by atoms with Gasteiger partial charge in [0, 0.05) is 11.4 Å². The van der Waals surface area contributed by atoms with Crippen LogP contribution in [0.1, 0.15) is 34.1 Å². The van der Waals surface area contributed by atoms with Gasteiger partial charge in [-0.2, -0.15) is 5.26 Å². The van der Waals surface area contributed by atoms with Crippen molar-refractivity contribution in [3.63, 3.8) is 0 Å². The third-order valence-electron chi connectivity index (χ3n) is 5.29. The Morgan fingerprint density at radius 1 is 1.03 bits per heavy atom. The number of hydrogen-bond donors (Lipinski definition) is 2. The van der Waals surface area contributed by atoms with Gasteiger partial charge in [0.05, 0.1) is 17.7 Å². The molecule has 0 saturated heterocycles. The molecule has 3 aromatic rings. The van der Waals surface area contributed by atoms with E-state index in [0.29, 0.717) is 23.7 Å². The molecular weight excluding hydrogens is 448 g/mol. The maximum atomic E-state index is 12.6. The van der Waals surface area contributed by atoms with E-state index in [9.17, 15) is 19.6 Å². The van der Waals surface area contributed by atoms with Gasteiger partial charge in [-0.25, -0.2) is 0 Å². The number of benzene rings is 2. The molecule has 1 heterocycles. The monoisotopic (exact) mass is 474 g/mol. The Balaban J connectivity index is 1.61. The minimum atomic E-state index is -0.784. The Morgan fingerprint density at radius 2 is 1.71 bits per heavy atom. The molecule has 1 aromatic heterocycles. The first kappa shape index (κ1) is 25.1. The lowest BCUT2D eigenvalue weighted by Crippen LogP contribution is -2.32. The van der Waals surface area contributed by atoms with Crippen LogP contribution >= 0.6 is 0 Å². The molecule has 0 spiro atoms. The van der Waals surface area contributed by atoms with Crippen molar-refractivity contribution in [1.29, 1.82) is 5.26 Å². The lowest BCUT2D eigenvalue weighted by Gasteiger charge is -2.13. The zero-order valence-corrected chi connectivity index (χ0v) is 19.8. The molecule has 35 heavy (non-hydrogen) atoms. The van der Waals surface area contributed by atoms with Gasteiger partial charge in [-0.1, -0.05) is 30.3 Å². The fraction of sp³-hybridized carbons (Fsp3) is 0.231. The van der Waals surface area contributed by atoms with Crippen LogP contribution in [-0.2, 0) is 14.3 Å². The van der Waals surface area contributed by atoms with Gasteiger partial charge in [-0.05, 0) is 50.6 Å². The molecule has 2 N–H and O–H groups in total. The number of rotatable bonds is 9. The van der Waals surface area contributed by atoms with Gasteiger partial charge in [0.15, 0.2) is 6.61 Å². The van der Waals surface area contributed by atoms with Crippen molar-refractivity contribution in [3.8, 4) is 17.5 Å². The van der Waals surface area contributed by atoms with E-state index in [1.807, 2.05) is 37.3 Å². The number of hydrogen-bond acceptors (Lipinski definition) is 6. The van der Waals surface area contributed by atoms with E-state index in [1.54, 1.807) is 42.7 Å². The predicted molar refractivity (Wildman–Crippen MR) is 129 cm³/mol. The lowest BCUT2D eigenvalue weighted by molar-refractivity contribution is -0.146. The molecule has 2 amide bonds. The molecule has 0 radical (unpaired) electrons. The smallest absolute Gasteiger partial charge is 0.325 e. The molecule has 0 atom stereocenters. The average molecular weight is 475 g/mol. The summed E-state index contributed by atoms with van der Waals surface area (Å²) in [5.74, 6) is -1.19. The predicted octanol–water partition coefficient (Wildman–Crippen LogP) is 3.28. The van der Waals surface area contributed by atoms with Crippen LogP contribution in [0.4, 0.5) is 5.82 Å². The van der Waals surface area contributed by atoms with Crippen LogP contribution in [0, 0.1) is 25.2 Å². The van der Waals surface area contributed by atoms with Crippen LogP contribution < -0.4 is 15.4 Å². The molecule has 180 valence electrons. The van der Waals surface area contributed by atoms with Crippen LogP contribution in [0.2, 0.25) is 0 Å². The zero-order chi connectivity index (χ0) is 25.4. The van der Waals surface area contributed by atoms with E-state index in [-0.39, 0.29) is 5.56 Å². The molecular formula is C26H26N4O5. The molecule has 9 heteroatoms.